The van der Waals surface area contributed by atoms with E-state index in [1.165, 1.54) is 19.3 Å². The number of ether oxygens (including phenoxy) is 1. The summed E-state index contributed by atoms with van der Waals surface area (Å²) in [7, 11) is 0. The monoisotopic (exact) mass is 172 g/mol. The van der Waals surface area contributed by atoms with Crippen LogP contribution in [-0.4, -0.2) is 12.2 Å². The molecule has 0 aromatic rings. The molecular formula is C11H24O. The Hall–Kier alpha value is -0.0400. The van der Waals surface area contributed by atoms with Crippen molar-refractivity contribution in [3.8, 4) is 0 Å². The lowest BCUT2D eigenvalue weighted by Crippen LogP contribution is -2.14. The van der Waals surface area contributed by atoms with Crippen molar-refractivity contribution < 1.29 is 4.74 Å². The molecule has 0 amide bonds. The SMILES string of the molecule is CC.CC1CCC(OC(C)C)C1. The molecule has 1 aliphatic rings. The van der Waals surface area contributed by atoms with Gasteiger partial charge in [0.2, 0.25) is 0 Å². The lowest BCUT2D eigenvalue weighted by atomic mass is 10.1. The average Bonchev–Trinajstić information content (AvgIpc) is 2.39. The summed E-state index contributed by atoms with van der Waals surface area (Å²) in [6.07, 6.45) is 4.89. The van der Waals surface area contributed by atoms with Crippen molar-refractivity contribution in [3.63, 3.8) is 0 Å². The quantitative estimate of drug-likeness (QED) is 0.618. The first kappa shape index (κ1) is 12.0. The van der Waals surface area contributed by atoms with Crippen LogP contribution in [0.15, 0.2) is 0 Å². The highest BCUT2D eigenvalue weighted by molar-refractivity contribution is 4.73. The first-order valence-corrected chi connectivity index (χ1v) is 5.34. The van der Waals surface area contributed by atoms with Crippen LogP contribution >= 0.6 is 0 Å². The standard InChI is InChI=1S/C9H18O.C2H6/c1-7(2)10-9-5-4-8(3)6-9;1-2/h7-9H,4-6H2,1-3H3;1-2H3. The zero-order valence-corrected chi connectivity index (χ0v) is 9.26. The molecular weight excluding hydrogens is 148 g/mol. The Morgan fingerprint density at radius 1 is 1.17 bits per heavy atom. The molecule has 2 unspecified atom stereocenters. The Morgan fingerprint density at radius 3 is 2.08 bits per heavy atom. The molecule has 0 heterocycles. The lowest BCUT2D eigenvalue weighted by Gasteiger charge is -2.14. The summed E-state index contributed by atoms with van der Waals surface area (Å²) in [5, 5.41) is 0. The van der Waals surface area contributed by atoms with E-state index in [0.717, 1.165) is 5.92 Å². The first-order chi connectivity index (χ1) is 5.68. The molecule has 1 fully saturated rings. The highest BCUT2D eigenvalue weighted by atomic mass is 16.5. The molecule has 0 N–H and O–H groups in total. The highest BCUT2D eigenvalue weighted by Crippen LogP contribution is 2.27. The molecule has 1 nitrogen and oxygen atoms in total. The topological polar surface area (TPSA) is 9.23 Å². The van der Waals surface area contributed by atoms with Gasteiger partial charge in [-0.05, 0) is 39.0 Å². The first-order valence-electron chi connectivity index (χ1n) is 5.34. The summed E-state index contributed by atoms with van der Waals surface area (Å²) in [4.78, 5) is 0. The summed E-state index contributed by atoms with van der Waals surface area (Å²) in [6, 6.07) is 0. The Balaban J connectivity index is 0.000000561. The minimum atomic E-state index is 0.412. The second kappa shape index (κ2) is 6.47. The number of hydrogen-bond acceptors (Lipinski definition) is 1. The fraction of sp³-hybridized carbons (Fsp3) is 1.00. The van der Waals surface area contributed by atoms with Gasteiger partial charge in [-0.2, -0.15) is 0 Å². The van der Waals surface area contributed by atoms with Gasteiger partial charge in [-0.3, -0.25) is 0 Å². The molecule has 0 aliphatic heterocycles. The largest absolute Gasteiger partial charge is 0.376 e. The van der Waals surface area contributed by atoms with Crippen LogP contribution in [0.1, 0.15) is 53.9 Å². The van der Waals surface area contributed by atoms with E-state index in [-0.39, 0.29) is 0 Å². The van der Waals surface area contributed by atoms with E-state index >= 15 is 0 Å². The molecule has 1 heteroatoms. The highest BCUT2D eigenvalue weighted by Gasteiger charge is 2.22. The molecule has 0 saturated heterocycles. The van der Waals surface area contributed by atoms with E-state index in [9.17, 15) is 0 Å². The lowest BCUT2D eigenvalue weighted by molar-refractivity contribution is 0.0107. The van der Waals surface area contributed by atoms with E-state index in [4.69, 9.17) is 4.74 Å². The van der Waals surface area contributed by atoms with Crippen molar-refractivity contribution in [1.29, 1.82) is 0 Å². The van der Waals surface area contributed by atoms with E-state index < -0.39 is 0 Å². The summed E-state index contributed by atoms with van der Waals surface area (Å²) in [5.41, 5.74) is 0. The molecule has 0 bridgehead atoms. The molecule has 0 aromatic carbocycles. The van der Waals surface area contributed by atoms with E-state index in [2.05, 4.69) is 20.8 Å². The van der Waals surface area contributed by atoms with Crippen LogP contribution in [0, 0.1) is 5.92 Å². The van der Waals surface area contributed by atoms with E-state index in [1.807, 2.05) is 13.8 Å². The van der Waals surface area contributed by atoms with Gasteiger partial charge in [0.05, 0.1) is 12.2 Å². The van der Waals surface area contributed by atoms with Crippen molar-refractivity contribution in [2.24, 2.45) is 5.92 Å². The van der Waals surface area contributed by atoms with Crippen LogP contribution in [-0.2, 0) is 4.74 Å². The van der Waals surface area contributed by atoms with Crippen LogP contribution in [0.2, 0.25) is 0 Å². The molecule has 1 aliphatic carbocycles. The number of hydrogen-bond donors (Lipinski definition) is 0. The Labute approximate surface area is 77.5 Å². The van der Waals surface area contributed by atoms with Gasteiger partial charge < -0.3 is 4.74 Å². The molecule has 12 heavy (non-hydrogen) atoms. The molecule has 74 valence electrons. The van der Waals surface area contributed by atoms with Crippen molar-refractivity contribution in [1.82, 2.24) is 0 Å². The van der Waals surface area contributed by atoms with Gasteiger partial charge in [-0.15, -0.1) is 0 Å². The maximum Gasteiger partial charge on any atom is 0.0581 e. The van der Waals surface area contributed by atoms with Crippen molar-refractivity contribution in [2.45, 2.75) is 66.1 Å². The fourth-order valence-corrected chi connectivity index (χ4v) is 1.66. The average molecular weight is 172 g/mol. The van der Waals surface area contributed by atoms with Crippen LogP contribution in [0.3, 0.4) is 0 Å². The third-order valence-corrected chi connectivity index (χ3v) is 2.11. The minimum Gasteiger partial charge on any atom is -0.376 e. The van der Waals surface area contributed by atoms with Crippen molar-refractivity contribution in [2.75, 3.05) is 0 Å². The third-order valence-electron chi connectivity index (χ3n) is 2.11. The Kier molecular flexibility index (Phi) is 6.45. The molecule has 1 saturated carbocycles. The molecule has 1 rings (SSSR count). The van der Waals surface area contributed by atoms with Gasteiger partial charge in [0, 0.05) is 0 Å². The summed E-state index contributed by atoms with van der Waals surface area (Å²) < 4.78 is 5.68. The van der Waals surface area contributed by atoms with E-state index in [0.29, 0.717) is 12.2 Å². The zero-order valence-electron chi connectivity index (χ0n) is 9.26. The van der Waals surface area contributed by atoms with Crippen molar-refractivity contribution in [3.05, 3.63) is 0 Å². The van der Waals surface area contributed by atoms with E-state index in [1.54, 1.807) is 0 Å². The second-order valence-corrected chi connectivity index (χ2v) is 3.73. The fourth-order valence-electron chi connectivity index (χ4n) is 1.66. The Morgan fingerprint density at radius 2 is 1.75 bits per heavy atom. The van der Waals surface area contributed by atoms with Crippen LogP contribution < -0.4 is 0 Å². The van der Waals surface area contributed by atoms with Crippen LogP contribution in [0.25, 0.3) is 0 Å². The van der Waals surface area contributed by atoms with Gasteiger partial charge in [-0.25, -0.2) is 0 Å². The van der Waals surface area contributed by atoms with Crippen LogP contribution in [0.4, 0.5) is 0 Å². The maximum absolute atomic E-state index is 5.68. The number of rotatable bonds is 2. The minimum absolute atomic E-state index is 0.412. The normalized spacial score (nSPS) is 28.5. The maximum atomic E-state index is 5.68. The summed E-state index contributed by atoms with van der Waals surface area (Å²) in [6.45, 7) is 10.5. The van der Waals surface area contributed by atoms with Gasteiger partial charge in [0.25, 0.3) is 0 Å². The Bertz CT molecular complexity index is 99.2. The second-order valence-electron chi connectivity index (χ2n) is 3.73. The smallest absolute Gasteiger partial charge is 0.0581 e. The molecule has 0 spiro atoms. The third kappa shape index (κ3) is 4.76. The van der Waals surface area contributed by atoms with Gasteiger partial charge in [-0.1, -0.05) is 20.8 Å². The van der Waals surface area contributed by atoms with Gasteiger partial charge >= 0.3 is 0 Å². The summed E-state index contributed by atoms with van der Waals surface area (Å²) >= 11 is 0. The molecule has 0 aromatic heterocycles. The molecule has 2 atom stereocenters. The summed E-state index contributed by atoms with van der Waals surface area (Å²) in [5.74, 6) is 0.892. The zero-order chi connectivity index (χ0) is 9.56. The van der Waals surface area contributed by atoms with Crippen LogP contribution in [0.5, 0.6) is 0 Å². The van der Waals surface area contributed by atoms with Gasteiger partial charge in [0.1, 0.15) is 0 Å². The van der Waals surface area contributed by atoms with Gasteiger partial charge in [0.15, 0.2) is 0 Å². The van der Waals surface area contributed by atoms with Crippen molar-refractivity contribution >= 4 is 0 Å². The predicted molar refractivity (Wildman–Crippen MR) is 54.4 cm³/mol. The predicted octanol–water partition coefficient (Wildman–Crippen LogP) is 3.63. The molecule has 0 radical (unpaired) electrons.